The second kappa shape index (κ2) is 6.73. The fourth-order valence-electron chi connectivity index (χ4n) is 2.12. The van der Waals surface area contributed by atoms with E-state index < -0.39 is 17.7 Å². The second-order valence-electron chi connectivity index (χ2n) is 5.94. The summed E-state index contributed by atoms with van der Waals surface area (Å²) in [7, 11) is 1.47. The third-order valence-corrected chi connectivity index (χ3v) is 3.31. The molecule has 0 spiro atoms. The molecule has 1 aliphatic heterocycles. The molecule has 1 aromatic carbocycles. The standard InChI is InChI=1S/C17H19ClO6/c1-9(2)22-14-12(18)7-10(8-13(14)21-5)6-11-15(19)23-17(3,4)24-16(11)20/h6-9H,1-5H3. The lowest BCUT2D eigenvalue weighted by Gasteiger charge is -2.29. The highest BCUT2D eigenvalue weighted by atomic mass is 35.5. The first-order valence-electron chi connectivity index (χ1n) is 7.35. The highest BCUT2D eigenvalue weighted by Gasteiger charge is 2.38. The minimum atomic E-state index is -1.28. The molecule has 0 saturated carbocycles. The maximum atomic E-state index is 12.0. The van der Waals surface area contributed by atoms with Gasteiger partial charge in [-0.15, -0.1) is 0 Å². The molecule has 0 aromatic heterocycles. The molecular formula is C17H19ClO6. The number of cyclic esters (lactones) is 2. The van der Waals surface area contributed by atoms with Gasteiger partial charge in [-0.3, -0.25) is 0 Å². The van der Waals surface area contributed by atoms with Gasteiger partial charge in [-0.1, -0.05) is 11.6 Å². The van der Waals surface area contributed by atoms with Crippen LogP contribution in [0, 0.1) is 0 Å². The summed E-state index contributed by atoms with van der Waals surface area (Å²) in [5.74, 6) is -2.01. The normalized spacial score (nSPS) is 16.5. The van der Waals surface area contributed by atoms with Gasteiger partial charge in [-0.05, 0) is 37.6 Å². The quantitative estimate of drug-likeness (QED) is 0.469. The average molecular weight is 355 g/mol. The molecule has 130 valence electrons. The van der Waals surface area contributed by atoms with E-state index in [4.69, 9.17) is 30.5 Å². The SMILES string of the molecule is COc1cc(C=C2C(=O)OC(C)(C)OC2=O)cc(Cl)c1OC(C)C. The molecule has 0 radical (unpaired) electrons. The molecule has 0 aliphatic carbocycles. The number of benzene rings is 1. The summed E-state index contributed by atoms with van der Waals surface area (Å²) >= 11 is 6.23. The molecule has 24 heavy (non-hydrogen) atoms. The van der Waals surface area contributed by atoms with Crippen LogP contribution < -0.4 is 9.47 Å². The van der Waals surface area contributed by atoms with Crippen LogP contribution in [0.4, 0.5) is 0 Å². The van der Waals surface area contributed by atoms with E-state index >= 15 is 0 Å². The molecule has 2 rings (SSSR count). The summed E-state index contributed by atoms with van der Waals surface area (Å²) in [6.07, 6.45) is 1.25. The number of hydrogen-bond acceptors (Lipinski definition) is 6. The van der Waals surface area contributed by atoms with Gasteiger partial charge in [-0.2, -0.15) is 0 Å². The largest absolute Gasteiger partial charge is 0.493 e. The Kier molecular flexibility index (Phi) is 5.08. The Bertz CT molecular complexity index is 683. The lowest BCUT2D eigenvalue weighted by atomic mass is 10.1. The molecule has 0 N–H and O–H groups in total. The first-order valence-corrected chi connectivity index (χ1v) is 7.73. The van der Waals surface area contributed by atoms with Crippen molar-refractivity contribution in [3.63, 3.8) is 0 Å². The van der Waals surface area contributed by atoms with E-state index in [0.717, 1.165) is 0 Å². The molecule has 1 fully saturated rings. The number of carbonyl (C=O) groups excluding carboxylic acids is 2. The third-order valence-electron chi connectivity index (χ3n) is 3.03. The molecule has 0 bridgehead atoms. The van der Waals surface area contributed by atoms with Crippen molar-refractivity contribution in [3.05, 3.63) is 28.3 Å². The molecule has 1 aromatic rings. The predicted octanol–water partition coefficient (Wildman–Crippen LogP) is 3.36. The van der Waals surface area contributed by atoms with E-state index in [2.05, 4.69) is 0 Å². The van der Waals surface area contributed by atoms with Crippen molar-refractivity contribution in [3.8, 4) is 11.5 Å². The number of halogens is 1. The van der Waals surface area contributed by atoms with Gasteiger partial charge in [0, 0.05) is 13.8 Å². The Hall–Kier alpha value is -2.21. The van der Waals surface area contributed by atoms with Crippen LogP contribution in [0.1, 0.15) is 33.3 Å². The number of carbonyl (C=O) groups is 2. The summed E-state index contributed by atoms with van der Waals surface area (Å²) < 4.78 is 21.0. The van der Waals surface area contributed by atoms with Crippen molar-refractivity contribution < 1.29 is 28.5 Å². The fourth-order valence-corrected chi connectivity index (χ4v) is 2.38. The number of hydrogen-bond donors (Lipinski definition) is 0. The van der Waals surface area contributed by atoms with Gasteiger partial charge in [0.2, 0.25) is 0 Å². The summed E-state index contributed by atoms with van der Waals surface area (Å²) in [5, 5.41) is 0.299. The third kappa shape index (κ3) is 4.00. The second-order valence-corrected chi connectivity index (χ2v) is 6.34. The predicted molar refractivity (Wildman–Crippen MR) is 88.0 cm³/mol. The minimum absolute atomic E-state index is 0.0915. The van der Waals surface area contributed by atoms with Crippen molar-refractivity contribution in [1.29, 1.82) is 0 Å². The minimum Gasteiger partial charge on any atom is -0.493 e. The van der Waals surface area contributed by atoms with Gasteiger partial charge < -0.3 is 18.9 Å². The summed E-state index contributed by atoms with van der Waals surface area (Å²) in [5.41, 5.74) is 0.265. The van der Waals surface area contributed by atoms with E-state index in [1.54, 1.807) is 12.1 Å². The van der Waals surface area contributed by atoms with Crippen LogP contribution >= 0.6 is 11.6 Å². The van der Waals surface area contributed by atoms with Gasteiger partial charge >= 0.3 is 11.9 Å². The molecule has 6 nitrogen and oxygen atoms in total. The van der Waals surface area contributed by atoms with Crippen molar-refractivity contribution in [1.82, 2.24) is 0 Å². The van der Waals surface area contributed by atoms with Crippen LogP contribution in [-0.2, 0) is 19.1 Å². The topological polar surface area (TPSA) is 71.1 Å². The molecule has 0 atom stereocenters. The summed E-state index contributed by atoms with van der Waals surface area (Å²) in [6.45, 7) is 6.69. The zero-order chi connectivity index (χ0) is 18.1. The number of rotatable bonds is 4. The Labute approximate surface area is 145 Å². The first kappa shape index (κ1) is 18.1. The van der Waals surface area contributed by atoms with Gasteiger partial charge in [-0.25, -0.2) is 9.59 Å². The molecule has 1 aliphatic rings. The monoisotopic (exact) mass is 354 g/mol. The molecule has 7 heteroatoms. The maximum absolute atomic E-state index is 12.0. The van der Waals surface area contributed by atoms with Crippen LogP contribution in [0.25, 0.3) is 6.08 Å². The van der Waals surface area contributed by atoms with E-state index in [1.807, 2.05) is 13.8 Å². The van der Waals surface area contributed by atoms with Crippen LogP contribution in [0.5, 0.6) is 11.5 Å². The number of ether oxygens (including phenoxy) is 4. The van der Waals surface area contributed by atoms with E-state index in [0.29, 0.717) is 22.1 Å². The van der Waals surface area contributed by atoms with Crippen molar-refractivity contribution in [2.45, 2.75) is 39.6 Å². The Morgan fingerprint density at radius 3 is 2.25 bits per heavy atom. The summed E-state index contributed by atoms with van der Waals surface area (Å²) in [4.78, 5) is 24.0. The maximum Gasteiger partial charge on any atom is 0.348 e. The van der Waals surface area contributed by atoms with Gasteiger partial charge in [0.05, 0.1) is 18.2 Å². The average Bonchev–Trinajstić information content (AvgIpc) is 2.44. The van der Waals surface area contributed by atoms with Gasteiger partial charge in [0.1, 0.15) is 5.57 Å². The molecule has 0 amide bonds. The highest BCUT2D eigenvalue weighted by molar-refractivity contribution is 6.32. The zero-order valence-corrected chi connectivity index (χ0v) is 14.9. The highest BCUT2D eigenvalue weighted by Crippen LogP contribution is 2.38. The molecular weight excluding hydrogens is 336 g/mol. The lowest BCUT2D eigenvalue weighted by molar-refractivity contribution is -0.222. The molecule has 0 unspecified atom stereocenters. The van der Waals surface area contributed by atoms with Crippen molar-refractivity contribution >= 4 is 29.6 Å². The van der Waals surface area contributed by atoms with E-state index in [-0.39, 0.29) is 11.7 Å². The fraction of sp³-hybridized carbons (Fsp3) is 0.412. The van der Waals surface area contributed by atoms with Crippen molar-refractivity contribution in [2.24, 2.45) is 0 Å². The van der Waals surface area contributed by atoms with Gasteiger partial charge in [0.15, 0.2) is 11.5 Å². The van der Waals surface area contributed by atoms with Crippen LogP contribution in [0.2, 0.25) is 5.02 Å². The molecule has 1 heterocycles. The number of methoxy groups -OCH3 is 1. The lowest BCUT2D eigenvalue weighted by Crippen LogP contribution is -2.41. The van der Waals surface area contributed by atoms with Gasteiger partial charge in [0.25, 0.3) is 5.79 Å². The first-order chi connectivity index (χ1) is 11.1. The summed E-state index contributed by atoms with van der Waals surface area (Å²) in [6, 6.07) is 3.17. The van der Waals surface area contributed by atoms with E-state index in [9.17, 15) is 9.59 Å². The van der Waals surface area contributed by atoms with Crippen LogP contribution in [0.15, 0.2) is 17.7 Å². The Morgan fingerprint density at radius 1 is 1.17 bits per heavy atom. The van der Waals surface area contributed by atoms with Crippen LogP contribution in [0.3, 0.4) is 0 Å². The molecule has 1 saturated heterocycles. The van der Waals surface area contributed by atoms with Crippen LogP contribution in [-0.4, -0.2) is 30.9 Å². The number of esters is 2. The van der Waals surface area contributed by atoms with Crippen molar-refractivity contribution in [2.75, 3.05) is 7.11 Å². The smallest absolute Gasteiger partial charge is 0.348 e. The Morgan fingerprint density at radius 2 is 1.75 bits per heavy atom. The van der Waals surface area contributed by atoms with E-state index in [1.165, 1.54) is 27.0 Å². The zero-order valence-electron chi connectivity index (χ0n) is 14.1. The Balaban J connectivity index is 2.41.